The van der Waals surface area contributed by atoms with Gasteiger partial charge in [-0.05, 0) is 13.3 Å². The third-order valence-corrected chi connectivity index (χ3v) is 2.37. The van der Waals surface area contributed by atoms with Gasteiger partial charge in [-0.25, -0.2) is 8.78 Å². The van der Waals surface area contributed by atoms with Gasteiger partial charge in [-0.1, -0.05) is 0 Å². The maximum atomic E-state index is 12.2. The van der Waals surface area contributed by atoms with Crippen LogP contribution in [0.2, 0.25) is 0 Å². The zero-order valence-electron chi connectivity index (χ0n) is 7.26. The molecular weight excluding hydrogens is 164 g/mol. The molecule has 0 saturated carbocycles. The molecule has 12 heavy (non-hydrogen) atoms. The van der Waals surface area contributed by atoms with Crippen molar-refractivity contribution in [2.45, 2.75) is 32.7 Å². The van der Waals surface area contributed by atoms with Gasteiger partial charge in [0.05, 0.1) is 0 Å². The zero-order valence-corrected chi connectivity index (χ0v) is 7.26. The van der Waals surface area contributed by atoms with E-state index < -0.39 is 12.3 Å². The van der Waals surface area contributed by atoms with E-state index in [9.17, 15) is 13.6 Å². The molecule has 1 saturated heterocycles. The number of rotatable bonds is 1. The van der Waals surface area contributed by atoms with Crippen molar-refractivity contribution < 1.29 is 13.6 Å². The molecule has 4 heteroatoms. The van der Waals surface area contributed by atoms with Gasteiger partial charge in [-0.2, -0.15) is 0 Å². The molecule has 0 aromatic rings. The Labute approximate surface area is 70.5 Å². The lowest BCUT2D eigenvalue weighted by atomic mass is 10.1. The minimum absolute atomic E-state index is 0.0264. The molecule has 0 aliphatic carbocycles. The van der Waals surface area contributed by atoms with Crippen molar-refractivity contribution in [3.8, 4) is 0 Å². The molecule has 70 valence electrons. The second-order valence-electron chi connectivity index (χ2n) is 3.35. The molecule has 0 aromatic heterocycles. The first-order valence-corrected chi connectivity index (χ1v) is 4.07. The lowest BCUT2D eigenvalue weighted by Gasteiger charge is -2.18. The van der Waals surface area contributed by atoms with Crippen molar-refractivity contribution in [1.82, 2.24) is 4.90 Å². The summed E-state index contributed by atoms with van der Waals surface area (Å²) in [5, 5.41) is 0. The predicted molar refractivity (Wildman–Crippen MR) is 41.0 cm³/mol. The van der Waals surface area contributed by atoms with Gasteiger partial charge in [-0.3, -0.25) is 4.79 Å². The van der Waals surface area contributed by atoms with Crippen LogP contribution in [0.15, 0.2) is 0 Å². The minimum Gasteiger partial charge on any atom is -0.340 e. The number of halogens is 2. The van der Waals surface area contributed by atoms with Crippen molar-refractivity contribution in [1.29, 1.82) is 0 Å². The summed E-state index contributed by atoms with van der Waals surface area (Å²) in [6, 6.07) is -0.0264. The van der Waals surface area contributed by atoms with E-state index in [1.165, 1.54) is 11.8 Å². The van der Waals surface area contributed by atoms with Crippen LogP contribution in [0.25, 0.3) is 0 Å². The van der Waals surface area contributed by atoms with Crippen molar-refractivity contribution in [3.05, 3.63) is 0 Å². The highest BCUT2D eigenvalue weighted by Crippen LogP contribution is 2.27. The molecule has 2 unspecified atom stereocenters. The van der Waals surface area contributed by atoms with Crippen molar-refractivity contribution >= 4 is 5.91 Å². The molecule has 0 radical (unpaired) electrons. The summed E-state index contributed by atoms with van der Waals surface area (Å²) in [5.74, 6) is -0.727. The molecule has 0 bridgehead atoms. The van der Waals surface area contributed by atoms with E-state index >= 15 is 0 Å². The average Bonchev–Trinajstić information content (AvgIpc) is 2.30. The molecule has 1 aliphatic rings. The Balaban J connectivity index is 2.56. The molecule has 2 nitrogen and oxygen atoms in total. The maximum absolute atomic E-state index is 12.2. The zero-order chi connectivity index (χ0) is 9.30. The SMILES string of the molecule is CC(=O)N1CC(C(F)F)CC1C. The van der Waals surface area contributed by atoms with Gasteiger partial charge in [0.2, 0.25) is 12.3 Å². The Kier molecular flexibility index (Phi) is 2.65. The first-order valence-electron chi connectivity index (χ1n) is 4.07. The van der Waals surface area contributed by atoms with Gasteiger partial charge in [0.25, 0.3) is 0 Å². The van der Waals surface area contributed by atoms with E-state index in [1.807, 2.05) is 6.92 Å². The van der Waals surface area contributed by atoms with Gasteiger partial charge < -0.3 is 4.90 Å². The highest BCUT2D eigenvalue weighted by molar-refractivity contribution is 5.73. The normalized spacial score (nSPS) is 29.9. The predicted octanol–water partition coefficient (Wildman–Crippen LogP) is 1.51. The first-order chi connectivity index (χ1) is 5.52. The van der Waals surface area contributed by atoms with Crippen LogP contribution in [0, 0.1) is 5.92 Å². The van der Waals surface area contributed by atoms with Crippen LogP contribution in [-0.2, 0) is 4.79 Å². The molecular formula is C8H13F2NO. The lowest BCUT2D eigenvalue weighted by Crippen LogP contribution is -2.32. The Hall–Kier alpha value is -0.670. The number of nitrogens with zero attached hydrogens (tertiary/aromatic N) is 1. The molecule has 2 atom stereocenters. The van der Waals surface area contributed by atoms with Gasteiger partial charge in [0.1, 0.15) is 0 Å². The van der Waals surface area contributed by atoms with E-state index in [1.54, 1.807) is 0 Å². The Morgan fingerprint density at radius 2 is 2.17 bits per heavy atom. The van der Waals surface area contributed by atoms with Crippen LogP contribution in [0.1, 0.15) is 20.3 Å². The number of hydrogen-bond donors (Lipinski definition) is 0. The summed E-state index contributed by atoms with van der Waals surface area (Å²) in [4.78, 5) is 12.4. The quantitative estimate of drug-likeness (QED) is 0.594. The highest BCUT2D eigenvalue weighted by Gasteiger charge is 2.35. The van der Waals surface area contributed by atoms with E-state index in [2.05, 4.69) is 0 Å². The summed E-state index contributed by atoms with van der Waals surface area (Å²) >= 11 is 0. The molecule has 1 rings (SSSR count). The monoisotopic (exact) mass is 177 g/mol. The summed E-state index contributed by atoms with van der Waals surface area (Å²) in [7, 11) is 0. The van der Waals surface area contributed by atoms with Gasteiger partial charge >= 0.3 is 0 Å². The third kappa shape index (κ3) is 1.73. The molecule has 1 fully saturated rings. The van der Waals surface area contributed by atoms with Crippen LogP contribution in [0.3, 0.4) is 0 Å². The topological polar surface area (TPSA) is 20.3 Å². The van der Waals surface area contributed by atoms with Crippen LogP contribution >= 0.6 is 0 Å². The van der Waals surface area contributed by atoms with Gasteiger partial charge in [0, 0.05) is 25.4 Å². The van der Waals surface area contributed by atoms with Crippen LogP contribution in [0.4, 0.5) is 8.78 Å². The summed E-state index contributed by atoms with van der Waals surface area (Å²) in [5.41, 5.74) is 0. The van der Waals surface area contributed by atoms with Crippen LogP contribution in [-0.4, -0.2) is 29.8 Å². The fourth-order valence-electron chi connectivity index (χ4n) is 1.69. The Bertz CT molecular complexity index is 184. The molecule has 1 amide bonds. The molecule has 1 aliphatic heterocycles. The molecule has 0 aromatic carbocycles. The number of carbonyl (C=O) groups excluding carboxylic acids is 1. The number of carbonyl (C=O) groups is 1. The first kappa shape index (κ1) is 9.42. The minimum atomic E-state index is -2.29. The summed E-state index contributed by atoms with van der Waals surface area (Å²) < 4.78 is 24.4. The fourth-order valence-corrected chi connectivity index (χ4v) is 1.69. The van der Waals surface area contributed by atoms with Crippen molar-refractivity contribution in [3.63, 3.8) is 0 Å². The highest BCUT2D eigenvalue weighted by atomic mass is 19.3. The van der Waals surface area contributed by atoms with Crippen molar-refractivity contribution in [2.75, 3.05) is 6.54 Å². The van der Waals surface area contributed by atoms with Crippen LogP contribution in [0.5, 0.6) is 0 Å². The van der Waals surface area contributed by atoms with Crippen molar-refractivity contribution in [2.24, 2.45) is 5.92 Å². The smallest absolute Gasteiger partial charge is 0.243 e. The number of alkyl halides is 2. The van der Waals surface area contributed by atoms with E-state index in [4.69, 9.17) is 0 Å². The van der Waals surface area contributed by atoms with E-state index in [0.29, 0.717) is 6.42 Å². The Morgan fingerprint density at radius 3 is 2.42 bits per heavy atom. The van der Waals surface area contributed by atoms with E-state index in [-0.39, 0.29) is 18.5 Å². The molecule has 0 N–H and O–H groups in total. The Morgan fingerprint density at radius 1 is 1.58 bits per heavy atom. The number of hydrogen-bond acceptors (Lipinski definition) is 1. The average molecular weight is 177 g/mol. The molecule has 0 spiro atoms. The van der Waals surface area contributed by atoms with Gasteiger partial charge in [0.15, 0.2) is 0 Å². The maximum Gasteiger partial charge on any atom is 0.243 e. The standard InChI is InChI=1S/C8H13F2NO/c1-5-3-7(8(9)10)4-11(5)6(2)12/h5,7-8H,3-4H2,1-2H3. The summed E-state index contributed by atoms with van der Waals surface area (Å²) in [6.07, 6.45) is -1.87. The second-order valence-corrected chi connectivity index (χ2v) is 3.35. The fraction of sp³-hybridized carbons (Fsp3) is 0.875. The lowest BCUT2D eigenvalue weighted by molar-refractivity contribution is -0.129. The third-order valence-electron chi connectivity index (χ3n) is 2.37. The largest absolute Gasteiger partial charge is 0.340 e. The van der Waals surface area contributed by atoms with Crippen LogP contribution < -0.4 is 0 Å². The van der Waals surface area contributed by atoms with Gasteiger partial charge in [-0.15, -0.1) is 0 Å². The van der Waals surface area contributed by atoms with E-state index in [0.717, 1.165) is 0 Å². The molecule has 1 heterocycles. The summed E-state index contributed by atoms with van der Waals surface area (Å²) in [6.45, 7) is 3.45. The number of likely N-dealkylation sites (tertiary alicyclic amines) is 1. The second kappa shape index (κ2) is 3.37. The number of amides is 1.